The Bertz CT molecular complexity index is 1180. The van der Waals surface area contributed by atoms with Crippen LogP contribution in [-0.4, -0.2) is 29.8 Å². The van der Waals surface area contributed by atoms with Crippen molar-refractivity contribution in [2.45, 2.75) is 26.8 Å². The summed E-state index contributed by atoms with van der Waals surface area (Å²) in [6.07, 6.45) is 0.555. The van der Waals surface area contributed by atoms with E-state index in [1.807, 2.05) is 44.2 Å². The molecule has 6 nitrogen and oxygen atoms in total. The molecule has 0 aliphatic carbocycles. The molecule has 3 aromatic rings. The number of anilines is 1. The second-order valence-corrected chi connectivity index (χ2v) is 9.71. The molecule has 8 heteroatoms. The molecule has 1 heterocycles. The van der Waals surface area contributed by atoms with E-state index in [-0.39, 0.29) is 5.75 Å². The summed E-state index contributed by atoms with van der Waals surface area (Å²) >= 11 is 2.27. The third-order valence-corrected chi connectivity index (χ3v) is 6.65. The number of ether oxygens (including phenoxy) is 1. The third kappa shape index (κ3) is 4.73. The second kappa shape index (κ2) is 9.71. The summed E-state index contributed by atoms with van der Waals surface area (Å²) in [5.74, 6) is 0.863. The quantitative estimate of drug-likeness (QED) is 0.302. The Morgan fingerprint density at radius 1 is 1.17 bits per heavy atom. The molecule has 0 saturated heterocycles. The number of nitriles is 1. The van der Waals surface area contributed by atoms with Crippen molar-refractivity contribution in [3.05, 3.63) is 48.0 Å². The number of hydrogen-bond acceptors (Lipinski definition) is 4. The zero-order chi connectivity index (χ0) is 21.7. The van der Waals surface area contributed by atoms with Gasteiger partial charge in [-0.15, -0.1) is 0 Å². The smallest absolute Gasteiger partial charge is 0.232 e. The van der Waals surface area contributed by atoms with Crippen molar-refractivity contribution in [2.24, 2.45) is 0 Å². The number of nitrogens with zero attached hydrogens (tertiary/aromatic N) is 2. The molecule has 1 aromatic heterocycles. The predicted molar refractivity (Wildman–Crippen MR) is 130 cm³/mol. The highest BCUT2D eigenvalue weighted by atomic mass is 127. The van der Waals surface area contributed by atoms with Crippen LogP contribution in [0.1, 0.15) is 25.8 Å². The minimum Gasteiger partial charge on any atom is -0.493 e. The monoisotopic (exact) mass is 537 g/mol. The van der Waals surface area contributed by atoms with E-state index in [0.717, 1.165) is 32.3 Å². The lowest BCUT2D eigenvalue weighted by atomic mass is 10.1. The molecule has 0 fully saturated rings. The first-order valence-electron chi connectivity index (χ1n) is 9.80. The van der Waals surface area contributed by atoms with Crippen molar-refractivity contribution in [3.8, 4) is 23.1 Å². The first-order chi connectivity index (χ1) is 14.4. The Labute approximate surface area is 191 Å². The van der Waals surface area contributed by atoms with Crippen molar-refractivity contribution in [1.82, 2.24) is 4.57 Å². The van der Waals surface area contributed by atoms with Crippen molar-refractivity contribution >= 4 is 49.2 Å². The topological polar surface area (TPSA) is 84.1 Å². The van der Waals surface area contributed by atoms with E-state index in [0.29, 0.717) is 30.8 Å². The van der Waals surface area contributed by atoms with Gasteiger partial charge in [0.1, 0.15) is 11.8 Å². The summed E-state index contributed by atoms with van der Waals surface area (Å²) in [6, 6.07) is 15.3. The first kappa shape index (κ1) is 22.4. The number of fused-ring (bicyclic) bond motifs is 1. The van der Waals surface area contributed by atoms with Crippen molar-refractivity contribution < 1.29 is 13.2 Å². The summed E-state index contributed by atoms with van der Waals surface area (Å²) in [6.45, 7) is 5.18. The highest BCUT2D eigenvalue weighted by Gasteiger charge is 2.19. The van der Waals surface area contributed by atoms with Crippen molar-refractivity contribution in [1.29, 1.82) is 5.26 Å². The summed E-state index contributed by atoms with van der Waals surface area (Å²) in [4.78, 5) is 0. The van der Waals surface area contributed by atoms with Gasteiger partial charge in [0.15, 0.2) is 0 Å². The zero-order valence-corrected chi connectivity index (χ0v) is 20.0. The van der Waals surface area contributed by atoms with E-state index in [9.17, 15) is 13.7 Å². The van der Waals surface area contributed by atoms with E-state index in [1.165, 1.54) is 0 Å². The van der Waals surface area contributed by atoms with Gasteiger partial charge in [0.25, 0.3) is 0 Å². The fourth-order valence-corrected chi connectivity index (χ4v) is 4.87. The largest absolute Gasteiger partial charge is 0.493 e. The molecule has 0 aliphatic rings. The molecule has 0 aliphatic heterocycles. The Balaban J connectivity index is 2.05. The zero-order valence-electron chi connectivity index (χ0n) is 17.0. The van der Waals surface area contributed by atoms with Gasteiger partial charge in [-0.25, -0.2) is 8.42 Å². The molecular formula is C22H24IN3O3S. The maximum absolute atomic E-state index is 12.0. The lowest BCUT2D eigenvalue weighted by Gasteiger charge is -2.11. The normalized spacial score (nSPS) is 11.4. The lowest BCUT2D eigenvalue weighted by molar-refractivity contribution is 0.347. The maximum Gasteiger partial charge on any atom is 0.232 e. The van der Waals surface area contributed by atoms with Crippen LogP contribution in [0.25, 0.3) is 22.2 Å². The van der Waals surface area contributed by atoms with Crippen molar-refractivity contribution in [3.63, 3.8) is 0 Å². The number of nitrogens with one attached hydrogen (secondary N) is 1. The summed E-state index contributed by atoms with van der Waals surface area (Å²) in [7, 11) is -3.34. The van der Waals surface area contributed by atoms with Gasteiger partial charge in [0, 0.05) is 28.1 Å². The van der Waals surface area contributed by atoms with Crippen LogP contribution in [0.3, 0.4) is 0 Å². The van der Waals surface area contributed by atoms with Crippen LogP contribution in [0.5, 0.6) is 5.75 Å². The number of alkyl halides is 1. The molecule has 0 radical (unpaired) electrons. The van der Waals surface area contributed by atoms with Gasteiger partial charge in [0.05, 0.1) is 29.1 Å². The molecule has 30 heavy (non-hydrogen) atoms. The van der Waals surface area contributed by atoms with E-state index >= 15 is 0 Å². The van der Waals surface area contributed by atoms with E-state index in [1.54, 1.807) is 12.1 Å². The van der Waals surface area contributed by atoms with Gasteiger partial charge >= 0.3 is 0 Å². The average Bonchev–Trinajstić information content (AvgIpc) is 3.05. The van der Waals surface area contributed by atoms with Crippen molar-refractivity contribution in [2.75, 3.05) is 21.5 Å². The van der Waals surface area contributed by atoms with E-state index < -0.39 is 10.0 Å². The Kier molecular flexibility index (Phi) is 7.26. The van der Waals surface area contributed by atoms with Gasteiger partial charge in [-0.3, -0.25) is 4.72 Å². The standard InChI is InChI=1S/C22H24IN3O3S/c1-3-13-30(27,28)25-17-7-5-16(6-8-17)22-20(15-24)19-10-9-18(29-12-11-23)14-21(19)26(22)4-2/h5-10,14,25H,3-4,11-13H2,1-2H3. The highest BCUT2D eigenvalue weighted by molar-refractivity contribution is 14.1. The third-order valence-electron chi connectivity index (χ3n) is 4.71. The Hall–Kier alpha value is -2.25. The molecule has 2 aromatic carbocycles. The van der Waals surface area contributed by atoms with Crippen LogP contribution >= 0.6 is 22.6 Å². The van der Waals surface area contributed by atoms with Gasteiger partial charge < -0.3 is 9.30 Å². The average molecular weight is 537 g/mol. The van der Waals surface area contributed by atoms with Gasteiger partial charge in [-0.2, -0.15) is 5.26 Å². The number of sulfonamides is 1. The molecule has 0 amide bonds. The van der Waals surface area contributed by atoms with Crippen LogP contribution in [0.15, 0.2) is 42.5 Å². The number of hydrogen-bond donors (Lipinski definition) is 1. The molecule has 0 spiro atoms. The number of rotatable bonds is 9. The van der Waals surface area contributed by atoms with Gasteiger partial charge in [-0.05, 0) is 43.2 Å². The molecule has 158 valence electrons. The lowest BCUT2D eigenvalue weighted by Crippen LogP contribution is -2.15. The highest BCUT2D eigenvalue weighted by Crippen LogP contribution is 2.35. The molecule has 0 unspecified atom stereocenters. The van der Waals surface area contributed by atoms with Crippen LogP contribution in [0, 0.1) is 11.3 Å². The fourth-order valence-electron chi connectivity index (χ4n) is 3.51. The summed E-state index contributed by atoms with van der Waals surface area (Å²) in [5.41, 5.74) is 3.75. The predicted octanol–water partition coefficient (Wildman–Crippen LogP) is 5.17. The second-order valence-electron chi connectivity index (χ2n) is 6.79. The molecule has 0 atom stereocenters. The minimum absolute atomic E-state index is 0.0827. The number of aryl methyl sites for hydroxylation is 1. The van der Waals surface area contributed by atoms with Gasteiger partial charge in [-0.1, -0.05) is 41.6 Å². The van der Waals surface area contributed by atoms with Crippen LogP contribution < -0.4 is 9.46 Å². The maximum atomic E-state index is 12.0. The Morgan fingerprint density at radius 2 is 1.90 bits per heavy atom. The summed E-state index contributed by atoms with van der Waals surface area (Å²) < 4.78 is 35.4. The molecule has 1 N–H and O–H groups in total. The first-order valence-corrected chi connectivity index (χ1v) is 13.0. The van der Waals surface area contributed by atoms with Crippen LogP contribution in [0.4, 0.5) is 5.69 Å². The Morgan fingerprint density at radius 3 is 2.50 bits per heavy atom. The van der Waals surface area contributed by atoms with Crippen LogP contribution in [0.2, 0.25) is 0 Å². The molecule has 0 saturated carbocycles. The van der Waals surface area contributed by atoms with E-state index in [4.69, 9.17) is 4.74 Å². The van der Waals surface area contributed by atoms with Gasteiger partial charge in [0.2, 0.25) is 10.0 Å². The van der Waals surface area contributed by atoms with E-state index in [2.05, 4.69) is 37.9 Å². The minimum atomic E-state index is -3.34. The number of aromatic nitrogens is 1. The summed E-state index contributed by atoms with van der Waals surface area (Å²) in [5, 5.41) is 10.8. The molecule has 0 bridgehead atoms. The van der Waals surface area contributed by atoms with Crippen LogP contribution in [-0.2, 0) is 16.6 Å². The number of halogens is 1. The molecular weight excluding hydrogens is 513 g/mol. The number of benzene rings is 2. The fraction of sp³-hybridized carbons (Fsp3) is 0.318. The SMILES string of the molecule is CCCS(=O)(=O)Nc1ccc(-c2c(C#N)c3ccc(OCCI)cc3n2CC)cc1. The molecule has 3 rings (SSSR count).